The van der Waals surface area contributed by atoms with Crippen molar-refractivity contribution in [3.63, 3.8) is 0 Å². The van der Waals surface area contributed by atoms with Crippen LogP contribution in [0, 0.1) is 0 Å². The van der Waals surface area contributed by atoms with Crippen molar-refractivity contribution in [2.45, 2.75) is 23.6 Å². The van der Waals surface area contributed by atoms with Crippen molar-refractivity contribution in [1.82, 2.24) is 10.3 Å². The molecule has 0 saturated heterocycles. The second-order valence-electron chi connectivity index (χ2n) is 4.88. The Morgan fingerprint density at radius 3 is 2.64 bits per heavy atom. The molecule has 1 N–H and O–H groups in total. The number of hydrogen-bond donors (Lipinski definition) is 1. The molecule has 1 atom stereocenters. The van der Waals surface area contributed by atoms with Gasteiger partial charge in [-0.2, -0.15) is 0 Å². The number of aromatic nitrogens is 1. The second kappa shape index (κ2) is 8.86. The zero-order chi connectivity index (χ0) is 15.8. The Kier molecular flexibility index (Phi) is 6.80. The third-order valence-electron chi connectivity index (χ3n) is 3.20. The zero-order valence-electron chi connectivity index (χ0n) is 12.8. The molecule has 2 rings (SSSR count). The summed E-state index contributed by atoms with van der Waals surface area (Å²) in [7, 11) is 0. The minimum atomic E-state index is 0.0267. The van der Waals surface area contributed by atoms with Gasteiger partial charge in [0, 0.05) is 16.8 Å². The van der Waals surface area contributed by atoms with E-state index < -0.39 is 0 Å². The summed E-state index contributed by atoms with van der Waals surface area (Å²) < 4.78 is 0. The lowest BCUT2D eigenvalue weighted by Crippen LogP contribution is -2.28. The van der Waals surface area contributed by atoms with Crippen molar-refractivity contribution in [2.24, 2.45) is 0 Å². The van der Waals surface area contributed by atoms with Crippen molar-refractivity contribution in [3.8, 4) is 0 Å². The zero-order valence-corrected chi connectivity index (χ0v) is 14.4. The maximum atomic E-state index is 12.0. The molecule has 0 saturated carbocycles. The highest BCUT2D eigenvalue weighted by Crippen LogP contribution is 2.19. The van der Waals surface area contributed by atoms with Crippen LogP contribution in [0.5, 0.6) is 0 Å². The molecule has 0 fully saturated rings. The normalized spacial score (nSPS) is 11.9. The van der Waals surface area contributed by atoms with E-state index in [1.165, 1.54) is 4.90 Å². The molecule has 1 amide bonds. The number of nitrogens with one attached hydrogen (secondary N) is 1. The monoisotopic (exact) mass is 332 g/mol. The SMILES string of the molecule is CSc1ccc([C@@H](C)NC(=O)CSCc2ccccn2)cc1. The van der Waals surface area contributed by atoms with Crippen LogP contribution in [0.4, 0.5) is 0 Å². The van der Waals surface area contributed by atoms with Gasteiger partial charge in [0.05, 0.1) is 17.5 Å². The Morgan fingerprint density at radius 2 is 2.00 bits per heavy atom. The molecule has 1 aromatic carbocycles. The molecular formula is C17H20N2OS2. The number of hydrogen-bond acceptors (Lipinski definition) is 4. The standard InChI is InChI=1S/C17H20N2OS2/c1-13(14-6-8-16(21-2)9-7-14)19-17(20)12-22-11-15-5-3-4-10-18-15/h3-10,13H,11-12H2,1-2H3,(H,19,20)/t13-/m1/s1. The van der Waals surface area contributed by atoms with E-state index in [0.717, 1.165) is 17.0 Å². The van der Waals surface area contributed by atoms with Gasteiger partial charge in [-0.05, 0) is 43.0 Å². The number of rotatable bonds is 7. The van der Waals surface area contributed by atoms with E-state index >= 15 is 0 Å². The number of pyridine rings is 1. The van der Waals surface area contributed by atoms with Crippen LogP contribution in [-0.2, 0) is 10.5 Å². The molecular weight excluding hydrogens is 312 g/mol. The lowest BCUT2D eigenvalue weighted by atomic mass is 10.1. The third kappa shape index (κ3) is 5.39. The van der Waals surface area contributed by atoms with Crippen LogP contribution in [-0.4, -0.2) is 22.9 Å². The predicted molar refractivity (Wildman–Crippen MR) is 95.2 cm³/mol. The highest BCUT2D eigenvalue weighted by atomic mass is 32.2. The smallest absolute Gasteiger partial charge is 0.230 e. The van der Waals surface area contributed by atoms with Gasteiger partial charge < -0.3 is 5.32 Å². The quantitative estimate of drug-likeness (QED) is 0.781. The molecule has 0 radical (unpaired) electrons. The third-order valence-corrected chi connectivity index (χ3v) is 4.91. The van der Waals surface area contributed by atoms with E-state index in [-0.39, 0.29) is 11.9 Å². The number of carbonyl (C=O) groups excluding carboxylic acids is 1. The molecule has 0 bridgehead atoms. The minimum Gasteiger partial charge on any atom is -0.349 e. The average Bonchev–Trinajstić information content (AvgIpc) is 2.56. The first-order chi connectivity index (χ1) is 10.7. The minimum absolute atomic E-state index is 0.0267. The van der Waals surface area contributed by atoms with E-state index in [9.17, 15) is 4.79 Å². The number of benzene rings is 1. The first-order valence-electron chi connectivity index (χ1n) is 7.10. The second-order valence-corrected chi connectivity index (χ2v) is 6.74. The fourth-order valence-electron chi connectivity index (χ4n) is 1.99. The van der Waals surface area contributed by atoms with Crippen molar-refractivity contribution in [2.75, 3.05) is 12.0 Å². The number of nitrogens with zero attached hydrogens (tertiary/aromatic N) is 1. The van der Waals surface area contributed by atoms with Gasteiger partial charge >= 0.3 is 0 Å². The molecule has 0 aliphatic rings. The molecule has 116 valence electrons. The summed E-state index contributed by atoms with van der Waals surface area (Å²) in [5.41, 5.74) is 2.13. The van der Waals surface area contributed by atoms with Crippen LogP contribution in [0.2, 0.25) is 0 Å². The van der Waals surface area contributed by atoms with Crippen LogP contribution < -0.4 is 5.32 Å². The molecule has 0 aliphatic heterocycles. The molecule has 1 heterocycles. The summed E-state index contributed by atoms with van der Waals surface area (Å²) in [6.45, 7) is 2.01. The van der Waals surface area contributed by atoms with E-state index in [0.29, 0.717) is 5.75 Å². The van der Waals surface area contributed by atoms with Gasteiger partial charge in [-0.1, -0.05) is 18.2 Å². The Bertz CT molecular complexity index is 587. The largest absolute Gasteiger partial charge is 0.349 e. The predicted octanol–water partition coefficient (Wildman–Crippen LogP) is 3.91. The van der Waals surface area contributed by atoms with Crippen molar-refractivity contribution in [3.05, 3.63) is 59.9 Å². The van der Waals surface area contributed by atoms with Crippen LogP contribution in [0.15, 0.2) is 53.6 Å². The van der Waals surface area contributed by atoms with Crippen LogP contribution >= 0.6 is 23.5 Å². The molecule has 22 heavy (non-hydrogen) atoms. The molecule has 3 nitrogen and oxygen atoms in total. The van der Waals surface area contributed by atoms with Crippen molar-refractivity contribution in [1.29, 1.82) is 0 Å². The van der Waals surface area contributed by atoms with E-state index in [1.54, 1.807) is 29.7 Å². The van der Waals surface area contributed by atoms with Crippen molar-refractivity contribution >= 4 is 29.4 Å². The van der Waals surface area contributed by atoms with Crippen molar-refractivity contribution < 1.29 is 4.79 Å². The van der Waals surface area contributed by atoms with Crippen LogP contribution in [0.1, 0.15) is 24.2 Å². The Hall–Kier alpha value is -1.46. The molecule has 0 unspecified atom stereocenters. The summed E-state index contributed by atoms with van der Waals surface area (Å²) in [5.74, 6) is 1.26. The van der Waals surface area contributed by atoms with Gasteiger partial charge in [-0.25, -0.2) is 0 Å². The Labute approximate surface area is 140 Å². The van der Waals surface area contributed by atoms with Gasteiger partial charge in [0.15, 0.2) is 0 Å². The highest BCUT2D eigenvalue weighted by molar-refractivity contribution is 7.99. The van der Waals surface area contributed by atoms with E-state index in [4.69, 9.17) is 0 Å². The fourth-order valence-corrected chi connectivity index (χ4v) is 3.15. The number of carbonyl (C=O) groups is 1. The fraction of sp³-hybridized carbons (Fsp3) is 0.294. The highest BCUT2D eigenvalue weighted by Gasteiger charge is 2.09. The lowest BCUT2D eigenvalue weighted by Gasteiger charge is -2.14. The van der Waals surface area contributed by atoms with E-state index in [1.807, 2.05) is 25.1 Å². The number of thioether (sulfide) groups is 2. The van der Waals surface area contributed by atoms with Crippen LogP contribution in [0.25, 0.3) is 0 Å². The number of amides is 1. The van der Waals surface area contributed by atoms with Gasteiger partial charge in [0.25, 0.3) is 0 Å². The lowest BCUT2D eigenvalue weighted by molar-refractivity contribution is -0.119. The van der Waals surface area contributed by atoms with Gasteiger partial charge in [0.2, 0.25) is 5.91 Å². The van der Waals surface area contributed by atoms with Gasteiger partial charge in [0.1, 0.15) is 0 Å². The summed E-state index contributed by atoms with van der Waals surface area (Å²) in [6.07, 6.45) is 3.83. The van der Waals surface area contributed by atoms with E-state index in [2.05, 4.69) is 40.8 Å². The average molecular weight is 332 g/mol. The molecule has 0 aliphatic carbocycles. The Balaban J connectivity index is 1.76. The van der Waals surface area contributed by atoms with Gasteiger partial charge in [-0.3, -0.25) is 9.78 Å². The first kappa shape index (κ1) is 16.9. The molecule has 2 aromatic rings. The maximum Gasteiger partial charge on any atom is 0.230 e. The first-order valence-corrected chi connectivity index (χ1v) is 9.48. The molecule has 0 spiro atoms. The molecule has 1 aromatic heterocycles. The summed E-state index contributed by atoms with van der Waals surface area (Å²) in [5, 5.41) is 3.03. The summed E-state index contributed by atoms with van der Waals surface area (Å²) in [6, 6.07) is 14.2. The topological polar surface area (TPSA) is 42.0 Å². The van der Waals surface area contributed by atoms with Gasteiger partial charge in [-0.15, -0.1) is 23.5 Å². The summed E-state index contributed by atoms with van der Waals surface area (Å²) >= 11 is 3.30. The maximum absolute atomic E-state index is 12.0. The summed E-state index contributed by atoms with van der Waals surface area (Å²) in [4.78, 5) is 17.5. The van der Waals surface area contributed by atoms with Crippen LogP contribution in [0.3, 0.4) is 0 Å². The Morgan fingerprint density at radius 1 is 1.23 bits per heavy atom. The molecule has 5 heteroatoms.